The molecule has 0 aliphatic heterocycles. The van der Waals surface area contributed by atoms with Gasteiger partial charge in [0.25, 0.3) is 5.56 Å². The molecule has 0 saturated carbocycles. The molecule has 15 heavy (non-hydrogen) atoms. The summed E-state index contributed by atoms with van der Waals surface area (Å²) in [5.41, 5.74) is -0.793. The molecule has 1 N–H and O–H groups in total. The molecular formula is C9H7BrN2O2S. The van der Waals surface area contributed by atoms with Crippen LogP contribution in [0.2, 0.25) is 0 Å². The van der Waals surface area contributed by atoms with E-state index < -0.39 is 11.2 Å². The molecule has 0 radical (unpaired) electrons. The molecule has 0 aliphatic carbocycles. The third kappa shape index (κ3) is 2.27. The number of hydrogen-bond acceptors (Lipinski definition) is 3. The van der Waals surface area contributed by atoms with Crippen LogP contribution in [0.1, 0.15) is 4.88 Å². The van der Waals surface area contributed by atoms with Crippen LogP contribution in [-0.4, -0.2) is 9.55 Å². The number of thiophene rings is 1. The fourth-order valence-electron chi connectivity index (χ4n) is 1.17. The second-order valence-corrected chi connectivity index (χ2v) is 4.83. The molecular weight excluding hydrogens is 280 g/mol. The van der Waals surface area contributed by atoms with Gasteiger partial charge in [-0.2, -0.15) is 0 Å². The summed E-state index contributed by atoms with van der Waals surface area (Å²) in [6, 6.07) is 3.86. The van der Waals surface area contributed by atoms with Crippen molar-refractivity contribution in [2.75, 3.05) is 0 Å². The van der Waals surface area contributed by atoms with E-state index in [-0.39, 0.29) is 0 Å². The van der Waals surface area contributed by atoms with Crippen LogP contribution < -0.4 is 11.2 Å². The van der Waals surface area contributed by atoms with Crippen molar-refractivity contribution in [2.45, 2.75) is 6.54 Å². The SMILES string of the molecule is O=c1[nH]c(=O)n(Cc2cccs2)cc1Br. The number of nitrogens with zero attached hydrogens (tertiary/aromatic N) is 1. The van der Waals surface area contributed by atoms with Crippen molar-refractivity contribution in [2.24, 2.45) is 0 Å². The summed E-state index contributed by atoms with van der Waals surface area (Å²) in [6.45, 7) is 0.478. The Morgan fingerprint density at radius 1 is 1.47 bits per heavy atom. The Balaban J connectivity index is 2.42. The first-order chi connectivity index (χ1) is 7.16. The van der Waals surface area contributed by atoms with Gasteiger partial charge in [0.05, 0.1) is 11.0 Å². The lowest BCUT2D eigenvalue weighted by molar-refractivity contribution is 0.724. The molecule has 0 atom stereocenters. The lowest BCUT2D eigenvalue weighted by Gasteiger charge is -2.02. The molecule has 0 unspecified atom stereocenters. The van der Waals surface area contributed by atoms with Crippen molar-refractivity contribution >= 4 is 27.3 Å². The predicted octanol–water partition coefficient (Wildman–Crippen LogP) is 1.41. The molecule has 0 fully saturated rings. The molecule has 2 aromatic heterocycles. The van der Waals surface area contributed by atoms with Crippen molar-refractivity contribution in [3.8, 4) is 0 Å². The molecule has 0 amide bonds. The zero-order valence-electron chi connectivity index (χ0n) is 7.57. The van der Waals surface area contributed by atoms with Gasteiger partial charge in [-0.05, 0) is 27.4 Å². The number of aromatic amines is 1. The maximum atomic E-state index is 11.4. The Morgan fingerprint density at radius 2 is 2.27 bits per heavy atom. The fraction of sp³-hybridized carbons (Fsp3) is 0.111. The molecule has 6 heteroatoms. The van der Waals surface area contributed by atoms with Gasteiger partial charge < -0.3 is 0 Å². The summed E-state index contributed by atoms with van der Waals surface area (Å²) in [5, 5.41) is 1.95. The van der Waals surface area contributed by atoms with E-state index in [0.29, 0.717) is 11.0 Å². The highest BCUT2D eigenvalue weighted by Gasteiger charge is 2.02. The Bertz CT molecular complexity index is 571. The summed E-state index contributed by atoms with van der Waals surface area (Å²) in [7, 11) is 0. The Kier molecular flexibility index (Phi) is 2.88. The molecule has 0 aliphatic rings. The summed E-state index contributed by atoms with van der Waals surface area (Å²) in [6.07, 6.45) is 1.50. The fourth-order valence-corrected chi connectivity index (χ4v) is 2.22. The monoisotopic (exact) mass is 286 g/mol. The third-order valence-corrected chi connectivity index (χ3v) is 3.30. The van der Waals surface area contributed by atoms with E-state index in [9.17, 15) is 9.59 Å². The van der Waals surface area contributed by atoms with Gasteiger partial charge in [-0.3, -0.25) is 14.3 Å². The Labute approximate surface area is 97.3 Å². The van der Waals surface area contributed by atoms with Crippen molar-refractivity contribution in [1.82, 2.24) is 9.55 Å². The first-order valence-electron chi connectivity index (χ1n) is 4.18. The van der Waals surface area contributed by atoms with Gasteiger partial charge in [-0.15, -0.1) is 11.3 Å². The lowest BCUT2D eigenvalue weighted by atomic mass is 10.4. The molecule has 78 valence electrons. The number of hydrogen-bond donors (Lipinski definition) is 1. The highest BCUT2D eigenvalue weighted by molar-refractivity contribution is 9.10. The van der Waals surface area contributed by atoms with Crippen LogP contribution >= 0.6 is 27.3 Å². The third-order valence-electron chi connectivity index (χ3n) is 1.87. The zero-order chi connectivity index (χ0) is 10.8. The molecule has 2 aromatic rings. The smallest absolute Gasteiger partial charge is 0.294 e. The van der Waals surface area contributed by atoms with Crippen molar-refractivity contribution in [1.29, 1.82) is 0 Å². The maximum absolute atomic E-state index is 11.4. The second kappa shape index (κ2) is 4.16. The van der Waals surface area contributed by atoms with Crippen LogP contribution in [0.15, 0.2) is 37.8 Å². The van der Waals surface area contributed by atoms with E-state index in [2.05, 4.69) is 20.9 Å². The van der Waals surface area contributed by atoms with Gasteiger partial charge in [0.2, 0.25) is 0 Å². The summed E-state index contributed by atoms with van der Waals surface area (Å²) >= 11 is 4.65. The van der Waals surface area contributed by atoms with Gasteiger partial charge in [0, 0.05) is 11.1 Å². The van der Waals surface area contributed by atoms with Crippen molar-refractivity contribution < 1.29 is 0 Å². The van der Waals surface area contributed by atoms with Crippen molar-refractivity contribution in [3.63, 3.8) is 0 Å². The largest absolute Gasteiger partial charge is 0.328 e. The first kappa shape index (κ1) is 10.4. The lowest BCUT2D eigenvalue weighted by Crippen LogP contribution is -2.29. The number of H-pyrrole nitrogens is 1. The topological polar surface area (TPSA) is 54.9 Å². The second-order valence-electron chi connectivity index (χ2n) is 2.94. The van der Waals surface area contributed by atoms with Gasteiger partial charge in [-0.1, -0.05) is 6.07 Å². The average Bonchev–Trinajstić information content (AvgIpc) is 2.67. The van der Waals surface area contributed by atoms with E-state index in [4.69, 9.17) is 0 Å². The summed E-state index contributed by atoms with van der Waals surface area (Å²) in [5.74, 6) is 0. The van der Waals surface area contributed by atoms with Crippen LogP contribution in [0, 0.1) is 0 Å². The highest BCUT2D eigenvalue weighted by atomic mass is 79.9. The van der Waals surface area contributed by atoms with Gasteiger partial charge >= 0.3 is 5.69 Å². The molecule has 0 bridgehead atoms. The minimum absolute atomic E-state index is 0.360. The van der Waals surface area contributed by atoms with Crippen LogP contribution in [-0.2, 0) is 6.54 Å². The molecule has 0 spiro atoms. The molecule has 2 rings (SSSR count). The minimum Gasteiger partial charge on any atom is -0.294 e. The standard InChI is InChI=1S/C9H7BrN2O2S/c10-7-5-12(9(14)11-8(7)13)4-6-2-1-3-15-6/h1-3,5H,4H2,(H,11,13,14). The predicted molar refractivity (Wildman–Crippen MR) is 62.4 cm³/mol. The summed E-state index contributed by atoms with van der Waals surface area (Å²) in [4.78, 5) is 25.8. The van der Waals surface area contributed by atoms with E-state index in [1.54, 1.807) is 11.3 Å². The Morgan fingerprint density at radius 3 is 2.93 bits per heavy atom. The zero-order valence-corrected chi connectivity index (χ0v) is 9.97. The van der Waals surface area contributed by atoms with Crippen LogP contribution in [0.25, 0.3) is 0 Å². The van der Waals surface area contributed by atoms with Crippen LogP contribution in [0.5, 0.6) is 0 Å². The van der Waals surface area contributed by atoms with E-state index >= 15 is 0 Å². The number of aromatic nitrogens is 2. The van der Waals surface area contributed by atoms with E-state index in [1.807, 2.05) is 17.5 Å². The van der Waals surface area contributed by atoms with E-state index in [1.165, 1.54) is 10.8 Å². The number of nitrogens with one attached hydrogen (secondary N) is 1. The quantitative estimate of drug-likeness (QED) is 0.908. The maximum Gasteiger partial charge on any atom is 0.328 e. The van der Waals surface area contributed by atoms with Gasteiger partial charge in [0.15, 0.2) is 0 Å². The molecule has 2 heterocycles. The van der Waals surface area contributed by atoms with Crippen molar-refractivity contribution in [3.05, 3.63) is 53.9 Å². The molecule has 0 saturated heterocycles. The van der Waals surface area contributed by atoms with Crippen LogP contribution in [0.4, 0.5) is 0 Å². The first-order valence-corrected chi connectivity index (χ1v) is 5.86. The normalized spacial score (nSPS) is 10.5. The van der Waals surface area contributed by atoms with Gasteiger partial charge in [-0.25, -0.2) is 4.79 Å². The summed E-state index contributed by atoms with van der Waals surface area (Å²) < 4.78 is 1.82. The number of halogens is 1. The molecule has 0 aromatic carbocycles. The van der Waals surface area contributed by atoms with Crippen LogP contribution in [0.3, 0.4) is 0 Å². The van der Waals surface area contributed by atoms with E-state index in [0.717, 1.165) is 4.88 Å². The number of rotatable bonds is 2. The van der Waals surface area contributed by atoms with Gasteiger partial charge in [0.1, 0.15) is 0 Å². The molecule has 4 nitrogen and oxygen atoms in total. The highest BCUT2D eigenvalue weighted by Crippen LogP contribution is 2.09. The minimum atomic E-state index is -0.401. The Hall–Kier alpha value is -1.14. The average molecular weight is 287 g/mol.